The summed E-state index contributed by atoms with van der Waals surface area (Å²) < 4.78 is 5.22. The number of methoxy groups -OCH3 is 1. The van der Waals surface area contributed by atoms with Crippen molar-refractivity contribution in [3.8, 4) is 17.1 Å². The largest absolute Gasteiger partial charge is 0.496 e. The molecule has 3 nitrogen and oxygen atoms in total. The van der Waals surface area contributed by atoms with E-state index in [1.54, 1.807) is 19.5 Å². The van der Waals surface area contributed by atoms with Crippen LogP contribution in [0.1, 0.15) is 0 Å². The van der Waals surface area contributed by atoms with Gasteiger partial charge in [0.25, 0.3) is 0 Å². The molecule has 0 amide bonds. The van der Waals surface area contributed by atoms with Crippen molar-refractivity contribution >= 4 is 11.6 Å². The third-order valence-electron chi connectivity index (χ3n) is 1.97. The smallest absolute Gasteiger partial charge is 0.162 e. The Kier molecular flexibility index (Phi) is 2.83. The molecule has 4 heteroatoms. The van der Waals surface area contributed by atoms with Crippen LogP contribution >= 0.6 is 11.6 Å². The molecule has 0 aliphatic carbocycles. The van der Waals surface area contributed by atoms with E-state index in [2.05, 4.69) is 9.97 Å². The first-order valence-electron chi connectivity index (χ1n) is 4.42. The van der Waals surface area contributed by atoms with Crippen LogP contribution in [-0.2, 0) is 0 Å². The van der Waals surface area contributed by atoms with Gasteiger partial charge in [-0.15, -0.1) is 0 Å². The van der Waals surface area contributed by atoms with Gasteiger partial charge >= 0.3 is 0 Å². The lowest BCUT2D eigenvalue weighted by Crippen LogP contribution is -1.91. The predicted molar refractivity (Wildman–Crippen MR) is 59.0 cm³/mol. The van der Waals surface area contributed by atoms with Gasteiger partial charge in [0.1, 0.15) is 5.75 Å². The summed E-state index contributed by atoms with van der Waals surface area (Å²) in [6, 6.07) is 7.59. The second-order valence-electron chi connectivity index (χ2n) is 2.93. The van der Waals surface area contributed by atoms with Crippen molar-refractivity contribution in [3.63, 3.8) is 0 Å². The highest BCUT2D eigenvalue weighted by Gasteiger charge is 2.06. The molecule has 76 valence electrons. The van der Waals surface area contributed by atoms with E-state index in [-0.39, 0.29) is 0 Å². The summed E-state index contributed by atoms with van der Waals surface area (Å²) in [6.07, 6.45) is 3.13. The second-order valence-corrected chi connectivity index (χ2v) is 3.36. The molecule has 0 unspecified atom stereocenters. The SMILES string of the molecule is COc1ccccc1-c1ncc(Cl)cn1. The molecule has 0 atom stereocenters. The predicted octanol–water partition coefficient (Wildman–Crippen LogP) is 2.81. The van der Waals surface area contributed by atoms with E-state index < -0.39 is 0 Å². The Hall–Kier alpha value is -1.61. The molecule has 0 spiro atoms. The lowest BCUT2D eigenvalue weighted by Gasteiger charge is -2.05. The topological polar surface area (TPSA) is 35.0 Å². The first-order chi connectivity index (χ1) is 7.31. The van der Waals surface area contributed by atoms with Gasteiger partial charge in [0, 0.05) is 12.4 Å². The van der Waals surface area contributed by atoms with Crippen LogP contribution < -0.4 is 4.74 Å². The van der Waals surface area contributed by atoms with Crippen LogP contribution in [0.5, 0.6) is 5.75 Å². The average Bonchev–Trinajstić information content (AvgIpc) is 2.30. The van der Waals surface area contributed by atoms with Crippen LogP contribution in [0.15, 0.2) is 36.7 Å². The van der Waals surface area contributed by atoms with E-state index in [0.717, 1.165) is 11.3 Å². The zero-order valence-corrected chi connectivity index (χ0v) is 8.90. The van der Waals surface area contributed by atoms with Gasteiger partial charge < -0.3 is 4.74 Å². The third-order valence-corrected chi connectivity index (χ3v) is 2.16. The summed E-state index contributed by atoms with van der Waals surface area (Å²) in [5.41, 5.74) is 0.858. The normalized spacial score (nSPS) is 10.0. The standard InChI is InChI=1S/C11H9ClN2O/c1-15-10-5-3-2-4-9(10)11-13-6-8(12)7-14-11/h2-7H,1H3. The molecule has 1 aromatic carbocycles. The highest BCUT2D eigenvalue weighted by atomic mass is 35.5. The zero-order valence-electron chi connectivity index (χ0n) is 8.14. The van der Waals surface area contributed by atoms with Gasteiger partial charge in [-0.1, -0.05) is 23.7 Å². The molecule has 1 aromatic heterocycles. The van der Waals surface area contributed by atoms with Crippen molar-refractivity contribution in [2.24, 2.45) is 0 Å². The average molecular weight is 221 g/mol. The van der Waals surface area contributed by atoms with Crippen LogP contribution in [0.3, 0.4) is 0 Å². The highest BCUT2D eigenvalue weighted by Crippen LogP contribution is 2.26. The first kappa shape index (κ1) is 9.93. The number of benzene rings is 1. The lowest BCUT2D eigenvalue weighted by atomic mass is 10.2. The first-order valence-corrected chi connectivity index (χ1v) is 4.80. The van der Waals surface area contributed by atoms with Gasteiger partial charge in [-0.2, -0.15) is 0 Å². The van der Waals surface area contributed by atoms with Crippen molar-refractivity contribution in [2.45, 2.75) is 0 Å². The fourth-order valence-corrected chi connectivity index (χ4v) is 1.38. The number of nitrogens with zero attached hydrogens (tertiary/aromatic N) is 2. The van der Waals surface area contributed by atoms with Crippen molar-refractivity contribution in [1.29, 1.82) is 0 Å². The third kappa shape index (κ3) is 2.07. The number of rotatable bonds is 2. The van der Waals surface area contributed by atoms with Gasteiger partial charge in [-0.3, -0.25) is 0 Å². The van der Waals surface area contributed by atoms with E-state index in [4.69, 9.17) is 16.3 Å². The summed E-state index contributed by atoms with van der Waals surface area (Å²) in [7, 11) is 1.62. The minimum Gasteiger partial charge on any atom is -0.496 e. The molecule has 0 radical (unpaired) electrons. The maximum Gasteiger partial charge on any atom is 0.162 e. The Bertz CT molecular complexity index is 456. The summed E-state index contributed by atoms with van der Waals surface area (Å²) >= 11 is 5.72. The summed E-state index contributed by atoms with van der Waals surface area (Å²) in [6.45, 7) is 0. The van der Waals surface area contributed by atoms with Gasteiger partial charge in [-0.25, -0.2) is 9.97 Å². The van der Waals surface area contributed by atoms with Crippen LogP contribution in [0.4, 0.5) is 0 Å². The molecule has 0 N–H and O–H groups in total. The number of aromatic nitrogens is 2. The van der Waals surface area contributed by atoms with E-state index in [9.17, 15) is 0 Å². The summed E-state index contributed by atoms with van der Waals surface area (Å²) in [4.78, 5) is 8.27. The van der Waals surface area contributed by atoms with Crippen molar-refractivity contribution in [3.05, 3.63) is 41.7 Å². The lowest BCUT2D eigenvalue weighted by molar-refractivity contribution is 0.416. The number of para-hydroxylation sites is 1. The Morgan fingerprint density at radius 1 is 1.13 bits per heavy atom. The molecule has 0 bridgehead atoms. The van der Waals surface area contributed by atoms with Crippen molar-refractivity contribution in [2.75, 3.05) is 7.11 Å². The van der Waals surface area contributed by atoms with E-state index >= 15 is 0 Å². The fraction of sp³-hybridized carbons (Fsp3) is 0.0909. The number of hydrogen-bond acceptors (Lipinski definition) is 3. The minimum atomic E-state index is 0.522. The Morgan fingerprint density at radius 3 is 2.47 bits per heavy atom. The van der Waals surface area contributed by atoms with E-state index in [1.807, 2.05) is 24.3 Å². The summed E-state index contributed by atoms with van der Waals surface area (Å²) in [5.74, 6) is 1.36. The monoisotopic (exact) mass is 220 g/mol. The zero-order chi connectivity index (χ0) is 10.7. The van der Waals surface area contributed by atoms with Crippen LogP contribution in [0, 0.1) is 0 Å². The Labute approximate surface area is 92.7 Å². The molecule has 0 aliphatic rings. The molecular formula is C11H9ClN2O. The van der Waals surface area contributed by atoms with Crippen LogP contribution in [0.25, 0.3) is 11.4 Å². The van der Waals surface area contributed by atoms with Crippen LogP contribution in [0.2, 0.25) is 5.02 Å². The molecular weight excluding hydrogens is 212 g/mol. The molecule has 2 aromatic rings. The van der Waals surface area contributed by atoms with Gasteiger partial charge in [0.15, 0.2) is 5.82 Å². The molecule has 0 aliphatic heterocycles. The van der Waals surface area contributed by atoms with E-state index in [0.29, 0.717) is 10.8 Å². The van der Waals surface area contributed by atoms with Gasteiger partial charge in [-0.05, 0) is 12.1 Å². The second kappa shape index (κ2) is 4.28. The molecule has 0 fully saturated rings. The molecule has 0 saturated carbocycles. The quantitative estimate of drug-likeness (QED) is 0.781. The van der Waals surface area contributed by atoms with Crippen molar-refractivity contribution < 1.29 is 4.74 Å². The maximum absolute atomic E-state index is 5.72. The van der Waals surface area contributed by atoms with E-state index in [1.165, 1.54) is 0 Å². The van der Waals surface area contributed by atoms with Gasteiger partial charge in [0.2, 0.25) is 0 Å². The van der Waals surface area contributed by atoms with Crippen LogP contribution in [-0.4, -0.2) is 17.1 Å². The number of ether oxygens (including phenoxy) is 1. The molecule has 0 saturated heterocycles. The highest BCUT2D eigenvalue weighted by molar-refractivity contribution is 6.30. The Balaban J connectivity index is 2.49. The summed E-state index contributed by atoms with van der Waals surface area (Å²) in [5, 5.41) is 0.522. The van der Waals surface area contributed by atoms with Crippen molar-refractivity contribution in [1.82, 2.24) is 9.97 Å². The Morgan fingerprint density at radius 2 is 1.80 bits per heavy atom. The minimum absolute atomic E-state index is 0.522. The fourth-order valence-electron chi connectivity index (χ4n) is 1.28. The molecule has 2 rings (SSSR count). The number of hydrogen-bond donors (Lipinski definition) is 0. The molecule has 1 heterocycles. The van der Waals surface area contributed by atoms with Gasteiger partial charge in [0.05, 0.1) is 17.7 Å². The molecule has 15 heavy (non-hydrogen) atoms. The number of halogens is 1. The maximum atomic E-state index is 5.72.